The predicted octanol–water partition coefficient (Wildman–Crippen LogP) is 16.2. The van der Waals surface area contributed by atoms with E-state index in [1.807, 2.05) is 0 Å². The van der Waals surface area contributed by atoms with Crippen molar-refractivity contribution < 1.29 is 75.8 Å². The van der Waals surface area contributed by atoms with Crippen molar-refractivity contribution in [1.82, 2.24) is 0 Å². The SMILES string of the molecule is CC/C=C\C/C=C\C/C=C\C/C=C\CCCCCCC(=O)OCC(O)COP(=O)(O)OCC(O)COP(=O)(O)OCC(COC(=O)CCCCCCC/C=C\C/C=C\CCCCC)OC(=O)CCCCCCC/C=C\CCCCCC. The van der Waals surface area contributed by atoms with Crippen molar-refractivity contribution in [3.05, 3.63) is 85.1 Å². The van der Waals surface area contributed by atoms with Crippen LogP contribution in [0.25, 0.3) is 0 Å². The lowest BCUT2D eigenvalue weighted by molar-refractivity contribution is -0.161. The zero-order valence-electron chi connectivity index (χ0n) is 50.2. The Balaban J connectivity index is 4.71. The van der Waals surface area contributed by atoms with Crippen LogP contribution in [0.5, 0.6) is 0 Å². The van der Waals surface area contributed by atoms with Crippen LogP contribution in [0.2, 0.25) is 0 Å². The fraction of sp³-hybridized carbons (Fsp3) is 0.730. The Morgan fingerprint density at radius 1 is 0.358 bits per heavy atom. The first-order valence-corrected chi connectivity index (χ1v) is 33.9. The quantitative estimate of drug-likeness (QED) is 0.0146. The van der Waals surface area contributed by atoms with Gasteiger partial charge >= 0.3 is 33.6 Å². The minimum Gasteiger partial charge on any atom is -0.463 e. The molecule has 81 heavy (non-hydrogen) atoms. The minimum atomic E-state index is -4.92. The Bertz CT molecular complexity index is 1830. The molecule has 5 atom stereocenters. The Hall–Kier alpha value is -3.27. The van der Waals surface area contributed by atoms with Crippen molar-refractivity contribution in [1.29, 1.82) is 0 Å². The molecule has 5 unspecified atom stereocenters. The van der Waals surface area contributed by atoms with E-state index >= 15 is 0 Å². The zero-order valence-corrected chi connectivity index (χ0v) is 52.0. The number of hydrogen-bond donors (Lipinski definition) is 4. The van der Waals surface area contributed by atoms with E-state index in [0.29, 0.717) is 19.3 Å². The lowest BCUT2D eigenvalue weighted by Gasteiger charge is -2.21. The number of aliphatic hydroxyl groups excluding tert-OH is 2. The Kier molecular flexibility index (Phi) is 54.9. The summed E-state index contributed by atoms with van der Waals surface area (Å²) in [5.41, 5.74) is 0. The molecule has 0 aromatic rings. The number of carbonyl (C=O) groups excluding carboxylic acids is 3. The molecular weight excluding hydrogens is 1070 g/mol. The normalized spacial score (nSPS) is 15.0. The van der Waals surface area contributed by atoms with Crippen molar-refractivity contribution in [2.24, 2.45) is 0 Å². The number of allylic oxidation sites excluding steroid dienone is 14. The lowest BCUT2D eigenvalue weighted by Crippen LogP contribution is -2.30. The van der Waals surface area contributed by atoms with Gasteiger partial charge in [-0.15, -0.1) is 0 Å². The van der Waals surface area contributed by atoms with E-state index in [1.165, 1.54) is 44.9 Å². The molecule has 0 aliphatic heterocycles. The van der Waals surface area contributed by atoms with Crippen LogP contribution < -0.4 is 0 Å². The molecule has 0 spiro atoms. The molecule has 4 N–H and O–H groups in total. The molecule has 0 aliphatic carbocycles. The maximum atomic E-state index is 12.9. The third kappa shape index (κ3) is 58.3. The van der Waals surface area contributed by atoms with Crippen molar-refractivity contribution in [3.63, 3.8) is 0 Å². The monoisotopic (exact) mass is 1180 g/mol. The summed E-state index contributed by atoms with van der Waals surface area (Å²) in [6, 6.07) is 0. The molecule has 0 saturated carbocycles. The fourth-order valence-electron chi connectivity index (χ4n) is 7.82. The smallest absolute Gasteiger partial charge is 0.463 e. The first-order valence-electron chi connectivity index (χ1n) is 30.9. The molecule has 0 rings (SSSR count). The highest BCUT2D eigenvalue weighted by molar-refractivity contribution is 7.47. The zero-order chi connectivity index (χ0) is 59.6. The molecule has 0 radical (unpaired) electrons. The highest BCUT2D eigenvalue weighted by Gasteiger charge is 2.29. The van der Waals surface area contributed by atoms with Gasteiger partial charge in [-0.2, -0.15) is 0 Å². The molecule has 0 saturated heterocycles. The van der Waals surface area contributed by atoms with Gasteiger partial charge in [0.25, 0.3) is 0 Å². The van der Waals surface area contributed by atoms with Gasteiger partial charge in [-0.3, -0.25) is 32.5 Å². The van der Waals surface area contributed by atoms with Gasteiger partial charge in [0.05, 0.1) is 26.4 Å². The van der Waals surface area contributed by atoms with Crippen molar-refractivity contribution in [2.45, 2.75) is 257 Å². The van der Waals surface area contributed by atoms with Gasteiger partial charge < -0.3 is 34.2 Å². The van der Waals surface area contributed by atoms with Crippen LogP contribution >= 0.6 is 15.6 Å². The molecule has 0 aromatic carbocycles. The van der Waals surface area contributed by atoms with Crippen LogP contribution in [0.4, 0.5) is 0 Å². The second kappa shape index (κ2) is 57.2. The second-order valence-corrected chi connectivity index (χ2v) is 23.4. The molecule has 0 fully saturated rings. The molecular formula is C63H110O16P2. The third-order valence-corrected chi connectivity index (χ3v) is 14.5. The Morgan fingerprint density at radius 2 is 0.654 bits per heavy atom. The van der Waals surface area contributed by atoms with E-state index in [2.05, 4.69) is 106 Å². The summed E-state index contributed by atoms with van der Waals surface area (Å²) >= 11 is 0. The molecule has 0 aliphatic rings. The molecule has 0 heterocycles. The van der Waals surface area contributed by atoms with Gasteiger partial charge in [0, 0.05) is 19.3 Å². The number of phosphoric ester groups is 2. The average Bonchev–Trinajstić information content (AvgIpc) is 3.44. The van der Waals surface area contributed by atoms with E-state index in [1.54, 1.807) is 0 Å². The molecule has 0 amide bonds. The van der Waals surface area contributed by atoms with Gasteiger partial charge in [-0.05, 0) is 116 Å². The van der Waals surface area contributed by atoms with Gasteiger partial charge in [-0.1, -0.05) is 189 Å². The Morgan fingerprint density at radius 3 is 1.07 bits per heavy atom. The molecule has 16 nitrogen and oxygen atoms in total. The van der Waals surface area contributed by atoms with Crippen LogP contribution in [0.15, 0.2) is 85.1 Å². The van der Waals surface area contributed by atoms with Gasteiger partial charge in [-0.25, -0.2) is 9.13 Å². The van der Waals surface area contributed by atoms with Crippen molar-refractivity contribution in [3.8, 4) is 0 Å². The summed E-state index contributed by atoms with van der Waals surface area (Å²) in [7, 11) is -9.77. The highest BCUT2D eigenvalue weighted by atomic mass is 31.2. The molecule has 18 heteroatoms. The van der Waals surface area contributed by atoms with Crippen LogP contribution in [0.3, 0.4) is 0 Å². The summed E-state index contributed by atoms with van der Waals surface area (Å²) in [5, 5.41) is 20.5. The topological polar surface area (TPSA) is 231 Å². The number of ether oxygens (including phenoxy) is 3. The number of carbonyl (C=O) groups is 3. The summed E-state index contributed by atoms with van der Waals surface area (Å²) in [5.74, 6) is -1.62. The summed E-state index contributed by atoms with van der Waals surface area (Å²) in [6.07, 6.45) is 57.9. The molecule has 0 bridgehead atoms. The number of rotatable bonds is 58. The fourth-order valence-corrected chi connectivity index (χ4v) is 9.40. The number of aliphatic hydroxyl groups is 2. The van der Waals surface area contributed by atoms with E-state index in [4.69, 9.17) is 32.3 Å². The van der Waals surface area contributed by atoms with E-state index < -0.39 is 91.5 Å². The summed E-state index contributed by atoms with van der Waals surface area (Å²) in [4.78, 5) is 58.1. The minimum absolute atomic E-state index is 0.0910. The maximum absolute atomic E-state index is 12.9. The van der Waals surface area contributed by atoms with Crippen molar-refractivity contribution in [2.75, 3.05) is 39.6 Å². The van der Waals surface area contributed by atoms with Gasteiger partial charge in [0.1, 0.15) is 25.4 Å². The second-order valence-electron chi connectivity index (χ2n) is 20.5. The number of esters is 3. The summed E-state index contributed by atoms with van der Waals surface area (Å²) < 4.78 is 60.6. The molecule has 0 aromatic heterocycles. The van der Waals surface area contributed by atoms with Crippen molar-refractivity contribution >= 4 is 33.6 Å². The first-order chi connectivity index (χ1) is 39.2. The third-order valence-electron chi connectivity index (χ3n) is 12.6. The first kappa shape index (κ1) is 77.7. The number of phosphoric acid groups is 2. The Labute approximate surface area is 489 Å². The largest absolute Gasteiger partial charge is 0.472 e. The van der Waals surface area contributed by atoms with E-state index in [-0.39, 0.29) is 19.3 Å². The lowest BCUT2D eigenvalue weighted by atomic mass is 10.1. The van der Waals surface area contributed by atoms with Crippen LogP contribution in [0.1, 0.15) is 239 Å². The molecule has 468 valence electrons. The maximum Gasteiger partial charge on any atom is 0.472 e. The van der Waals surface area contributed by atoms with Crippen LogP contribution in [-0.2, 0) is 55.8 Å². The highest BCUT2D eigenvalue weighted by Crippen LogP contribution is 2.45. The van der Waals surface area contributed by atoms with Gasteiger partial charge in [0.15, 0.2) is 6.10 Å². The van der Waals surface area contributed by atoms with Crippen LogP contribution in [0, 0.1) is 0 Å². The summed E-state index contributed by atoms with van der Waals surface area (Å²) in [6.45, 7) is 2.43. The standard InChI is InChI=1S/C63H110O16P2/c1-4-7-10-13-16-19-22-25-27-28-30-33-34-37-40-43-46-49-61(66)73-52-58(64)53-75-80(69,70)76-54-59(65)55-77-81(71,72)78-57-60(79-63(68)51-48-45-42-39-36-31-24-21-18-15-12-9-6-3)56-74-62(67)50-47-44-41-38-35-32-29-26-23-20-17-14-11-8-5-2/h7,10,16-17,19-21,24-27,29-30,33,58-60,64-65H,4-6,8-9,11-15,18,22-23,28,31-32,34-57H2,1-3H3,(H,69,70)(H,71,72)/b10-7-,19-16-,20-17-,24-21-,27-25-,29-26-,33-30-. The van der Waals surface area contributed by atoms with E-state index in [0.717, 1.165) is 135 Å². The number of unbranched alkanes of at least 4 members (excludes halogenated alkanes) is 21. The van der Waals surface area contributed by atoms with Gasteiger partial charge in [0.2, 0.25) is 0 Å². The predicted molar refractivity (Wildman–Crippen MR) is 325 cm³/mol. The van der Waals surface area contributed by atoms with E-state index in [9.17, 15) is 43.5 Å². The average molecular weight is 1190 g/mol. The number of hydrogen-bond acceptors (Lipinski definition) is 14. The van der Waals surface area contributed by atoms with Crippen LogP contribution in [-0.4, -0.2) is 95.9 Å².